The van der Waals surface area contributed by atoms with Crippen molar-refractivity contribution in [3.63, 3.8) is 0 Å². The maximum Gasteiger partial charge on any atom is 0.251 e. The fourth-order valence-corrected chi connectivity index (χ4v) is 3.19. The molecule has 1 saturated heterocycles. The quantitative estimate of drug-likeness (QED) is 0.890. The van der Waals surface area contributed by atoms with Crippen molar-refractivity contribution < 1.29 is 4.79 Å². The Labute approximate surface area is 122 Å². The Balaban J connectivity index is 2.05. The van der Waals surface area contributed by atoms with E-state index in [1.807, 2.05) is 13.8 Å². The second kappa shape index (κ2) is 5.96. The van der Waals surface area contributed by atoms with E-state index in [9.17, 15) is 4.79 Å². The Kier molecular flexibility index (Phi) is 4.48. The van der Waals surface area contributed by atoms with E-state index in [1.54, 1.807) is 0 Å². The summed E-state index contributed by atoms with van der Waals surface area (Å²) in [6, 6.07) is 4.15. The van der Waals surface area contributed by atoms with Gasteiger partial charge in [0.2, 0.25) is 0 Å². The number of amides is 1. The third-order valence-electron chi connectivity index (χ3n) is 4.27. The molecule has 3 nitrogen and oxygen atoms in total. The van der Waals surface area contributed by atoms with Crippen LogP contribution in [-0.2, 0) is 0 Å². The average Bonchev–Trinajstić information content (AvgIpc) is 2.36. The van der Waals surface area contributed by atoms with E-state index in [0.717, 1.165) is 36.3 Å². The normalized spacial score (nSPS) is 22.6. The molecule has 0 radical (unpaired) electrons. The molecule has 3 heteroatoms. The summed E-state index contributed by atoms with van der Waals surface area (Å²) >= 11 is 0. The van der Waals surface area contributed by atoms with Crippen LogP contribution in [0.4, 0.5) is 0 Å². The van der Waals surface area contributed by atoms with Crippen LogP contribution in [0.5, 0.6) is 0 Å². The molecule has 0 bridgehead atoms. The lowest BCUT2D eigenvalue weighted by molar-refractivity contribution is 0.0923. The zero-order chi connectivity index (χ0) is 14.8. The van der Waals surface area contributed by atoms with Crippen LogP contribution in [0.3, 0.4) is 0 Å². The molecule has 2 N–H and O–H groups in total. The second-order valence-corrected chi connectivity index (χ2v) is 6.55. The highest BCUT2D eigenvalue weighted by Crippen LogP contribution is 2.24. The van der Waals surface area contributed by atoms with Crippen molar-refractivity contribution in [1.29, 1.82) is 0 Å². The number of carbonyl (C=O) groups excluding carboxylic acids is 1. The van der Waals surface area contributed by atoms with Crippen molar-refractivity contribution in [3.05, 3.63) is 34.4 Å². The maximum absolute atomic E-state index is 12.5. The highest BCUT2D eigenvalue weighted by atomic mass is 16.1. The SMILES string of the molecule is Cc1cc(C)c(C(=O)NCC2(C)CCCNC2)c(C)c1. The van der Waals surface area contributed by atoms with Crippen LogP contribution < -0.4 is 10.6 Å². The number of piperidine rings is 1. The van der Waals surface area contributed by atoms with Gasteiger partial charge in [0.15, 0.2) is 0 Å². The minimum atomic E-state index is 0.0619. The monoisotopic (exact) mass is 274 g/mol. The predicted octanol–water partition coefficient (Wildman–Crippen LogP) is 2.73. The molecular weight excluding hydrogens is 248 g/mol. The van der Waals surface area contributed by atoms with Gasteiger partial charge in [-0.05, 0) is 56.7 Å². The van der Waals surface area contributed by atoms with Gasteiger partial charge >= 0.3 is 0 Å². The Morgan fingerprint density at radius 3 is 2.50 bits per heavy atom. The van der Waals surface area contributed by atoms with Gasteiger partial charge in [0.1, 0.15) is 0 Å². The van der Waals surface area contributed by atoms with Crippen molar-refractivity contribution in [2.75, 3.05) is 19.6 Å². The number of carbonyl (C=O) groups is 1. The first-order chi connectivity index (χ1) is 9.41. The van der Waals surface area contributed by atoms with Crippen molar-refractivity contribution in [3.8, 4) is 0 Å². The van der Waals surface area contributed by atoms with Crippen LogP contribution in [0.15, 0.2) is 12.1 Å². The van der Waals surface area contributed by atoms with Gasteiger partial charge in [-0.1, -0.05) is 24.6 Å². The lowest BCUT2D eigenvalue weighted by Gasteiger charge is -2.34. The molecule has 1 heterocycles. The minimum absolute atomic E-state index is 0.0619. The van der Waals surface area contributed by atoms with E-state index < -0.39 is 0 Å². The summed E-state index contributed by atoms with van der Waals surface area (Å²) in [6.07, 6.45) is 2.36. The average molecular weight is 274 g/mol. The first-order valence-electron chi connectivity index (χ1n) is 7.48. The van der Waals surface area contributed by atoms with Gasteiger partial charge in [-0.25, -0.2) is 0 Å². The number of benzene rings is 1. The fourth-order valence-electron chi connectivity index (χ4n) is 3.19. The summed E-state index contributed by atoms with van der Waals surface area (Å²) in [7, 11) is 0. The highest BCUT2D eigenvalue weighted by molar-refractivity contribution is 5.97. The summed E-state index contributed by atoms with van der Waals surface area (Å²) in [5.74, 6) is 0.0619. The topological polar surface area (TPSA) is 41.1 Å². The zero-order valence-corrected chi connectivity index (χ0v) is 13.1. The van der Waals surface area contributed by atoms with Crippen LogP contribution in [0.1, 0.15) is 46.8 Å². The van der Waals surface area contributed by atoms with E-state index in [4.69, 9.17) is 0 Å². The molecule has 1 aliphatic heterocycles. The molecule has 110 valence electrons. The van der Waals surface area contributed by atoms with Gasteiger partial charge < -0.3 is 10.6 Å². The highest BCUT2D eigenvalue weighted by Gasteiger charge is 2.27. The van der Waals surface area contributed by atoms with Crippen LogP contribution >= 0.6 is 0 Å². The Hall–Kier alpha value is -1.35. The summed E-state index contributed by atoms with van der Waals surface area (Å²) in [6.45, 7) is 11.2. The van der Waals surface area contributed by atoms with Crippen molar-refractivity contribution in [2.45, 2.75) is 40.5 Å². The molecule has 20 heavy (non-hydrogen) atoms. The maximum atomic E-state index is 12.5. The molecule has 1 amide bonds. The third-order valence-corrected chi connectivity index (χ3v) is 4.27. The third kappa shape index (κ3) is 3.40. The number of aryl methyl sites for hydroxylation is 3. The van der Waals surface area contributed by atoms with Crippen LogP contribution in [0, 0.1) is 26.2 Å². The molecule has 1 unspecified atom stereocenters. The molecule has 0 saturated carbocycles. The molecule has 1 aliphatic rings. The van der Waals surface area contributed by atoms with E-state index in [1.165, 1.54) is 18.4 Å². The molecule has 2 rings (SSSR count). The number of rotatable bonds is 3. The Morgan fingerprint density at radius 1 is 1.30 bits per heavy atom. The summed E-state index contributed by atoms with van der Waals surface area (Å²) < 4.78 is 0. The van der Waals surface area contributed by atoms with E-state index >= 15 is 0 Å². The van der Waals surface area contributed by atoms with Gasteiger partial charge in [-0.3, -0.25) is 4.79 Å². The predicted molar refractivity (Wildman–Crippen MR) is 83.2 cm³/mol. The Morgan fingerprint density at radius 2 is 1.95 bits per heavy atom. The van der Waals surface area contributed by atoms with Crippen LogP contribution in [0.2, 0.25) is 0 Å². The minimum Gasteiger partial charge on any atom is -0.351 e. The molecule has 0 aliphatic carbocycles. The molecule has 0 spiro atoms. The lowest BCUT2D eigenvalue weighted by atomic mass is 9.82. The standard InChI is InChI=1S/C17H26N2O/c1-12-8-13(2)15(14(3)9-12)16(20)19-11-17(4)6-5-7-18-10-17/h8-9,18H,5-7,10-11H2,1-4H3,(H,19,20). The number of hydrogen-bond donors (Lipinski definition) is 2. The second-order valence-electron chi connectivity index (χ2n) is 6.55. The number of hydrogen-bond acceptors (Lipinski definition) is 2. The zero-order valence-electron chi connectivity index (χ0n) is 13.1. The molecule has 1 atom stereocenters. The van der Waals surface area contributed by atoms with Crippen LogP contribution in [0.25, 0.3) is 0 Å². The first kappa shape index (κ1) is 15.0. The molecule has 1 aromatic carbocycles. The van der Waals surface area contributed by atoms with Crippen molar-refractivity contribution >= 4 is 5.91 Å². The summed E-state index contributed by atoms with van der Waals surface area (Å²) in [5.41, 5.74) is 4.35. The molecule has 1 aromatic rings. The lowest BCUT2D eigenvalue weighted by Crippen LogP contribution is -2.45. The van der Waals surface area contributed by atoms with Gasteiger partial charge in [0.25, 0.3) is 5.91 Å². The first-order valence-corrected chi connectivity index (χ1v) is 7.48. The fraction of sp³-hybridized carbons (Fsp3) is 0.588. The van der Waals surface area contributed by atoms with Gasteiger partial charge in [-0.2, -0.15) is 0 Å². The van der Waals surface area contributed by atoms with E-state index in [0.29, 0.717) is 0 Å². The summed E-state index contributed by atoms with van der Waals surface area (Å²) in [5, 5.41) is 6.55. The molecule has 1 fully saturated rings. The van der Waals surface area contributed by atoms with Crippen LogP contribution in [-0.4, -0.2) is 25.5 Å². The van der Waals surface area contributed by atoms with Gasteiger partial charge in [0, 0.05) is 18.7 Å². The van der Waals surface area contributed by atoms with E-state index in [-0.39, 0.29) is 11.3 Å². The summed E-state index contributed by atoms with van der Waals surface area (Å²) in [4.78, 5) is 12.5. The van der Waals surface area contributed by atoms with Crippen molar-refractivity contribution in [1.82, 2.24) is 10.6 Å². The largest absolute Gasteiger partial charge is 0.351 e. The van der Waals surface area contributed by atoms with Gasteiger partial charge in [0.05, 0.1) is 0 Å². The Bertz CT molecular complexity index is 479. The molecule has 0 aromatic heterocycles. The van der Waals surface area contributed by atoms with Gasteiger partial charge in [-0.15, -0.1) is 0 Å². The number of nitrogens with one attached hydrogen (secondary N) is 2. The van der Waals surface area contributed by atoms with E-state index in [2.05, 4.69) is 36.6 Å². The van der Waals surface area contributed by atoms with Crippen molar-refractivity contribution in [2.24, 2.45) is 5.41 Å². The smallest absolute Gasteiger partial charge is 0.251 e. The molecular formula is C17H26N2O.